The Labute approximate surface area is 117 Å². The van der Waals surface area contributed by atoms with Gasteiger partial charge in [0, 0.05) is 6.42 Å². The number of hydrogen-bond acceptors (Lipinski definition) is 5. The molecule has 0 radical (unpaired) electrons. The molecule has 20 heavy (non-hydrogen) atoms. The zero-order valence-corrected chi connectivity index (χ0v) is 10.9. The van der Waals surface area contributed by atoms with Crippen molar-refractivity contribution in [2.75, 3.05) is 6.61 Å². The van der Waals surface area contributed by atoms with Gasteiger partial charge in [0.05, 0.1) is 12.7 Å². The Balaban J connectivity index is 1.90. The van der Waals surface area contributed by atoms with Crippen LogP contribution in [0.4, 0.5) is 0 Å². The fraction of sp³-hybridized carbons (Fsp3) is 0.400. The number of carbonyl (C=O) groups excluding carboxylic acids is 1. The van der Waals surface area contributed by atoms with E-state index >= 15 is 0 Å². The minimum atomic E-state index is -1.28. The molecule has 5 nitrogen and oxygen atoms in total. The van der Waals surface area contributed by atoms with E-state index in [4.69, 9.17) is 4.74 Å². The molecule has 0 aromatic heterocycles. The molecular formula is C15H18O5. The molecule has 3 N–H and O–H groups in total. The van der Waals surface area contributed by atoms with E-state index in [-0.39, 0.29) is 18.8 Å². The van der Waals surface area contributed by atoms with E-state index in [9.17, 15) is 20.1 Å². The van der Waals surface area contributed by atoms with Crippen molar-refractivity contribution in [1.82, 2.24) is 0 Å². The Bertz CT molecular complexity index is 470. The summed E-state index contributed by atoms with van der Waals surface area (Å²) >= 11 is 0. The summed E-state index contributed by atoms with van der Waals surface area (Å²) in [5, 5.41) is 28.6. The molecule has 1 aromatic rings. The molecule has 5 heteroatoms. The van der Waals surface area contributed by atoms with Crippen LogP contribution in [0.5, 0.6) is 0 Å². The molecule has 4 atom stereocenters. The first kappa shape index (κ1) is 14.9. The van der Waals surface area contributed by atoms with Gasteiger partial charge in [-0.1, -0.05) is 36.4 Å². The third-order valence-corrected chi connectivity index (χ3v) is 3.27. The van der Waals surface area contributed by atoms with Gasteiger partial charge in [0.2, 0.25) is 0 Å². The predicted octanol–water partition coefficient (Wildman–Crippen LogP) is 0.141. The molecule has 1 aliphatic rings. The largest absolute Gasteiger partial charge is 0.388 e. The van der Waals surface area contributed by atoms with Gasteiger partial charge in [-0.3, -0.25) is 4.79 Å². The monoisotopic (exact) mass is 278 g/mol. The highest BCUT2D eigenvalue weighted by atomic mass is 16.5. The summed E-state index contributed by atoms with van der Waals surface area (Å²) in [4.78, 5) is 11.8. The van der Waals surface area contributed by atoms with Crippen LogP contribution in [-0.4, -0.2) is 52.1 Å². The Hall–Kier alpha value is -1.53. The Morgan fingerprint density at radius 3 is 2.60 bits per heavy atom. The van der Waals surface area contributed by atoms with Gasteiger partial charge in [-0.05, 0) is 11.6 Å². The number of ketones is 1. The third kappa shape index (κ3) is 3.74. The smallest absolute Gasteiger partial charge is 0.158 e. The van der Waals surface area contributed by atoms with Crippen LogP contribution in [0.2, 0.25) is 0 Å². The molecule has 1 aliphatic heterocycles. The first-order chi connectivity index (χ1) is 9.58. The van der Waals surface area contributed by atoms with Crippen molar-refractivity contribution in [2.24, 2.45) is 0 Å². The van der Waals surface area contributed by atoms with Gasteiger partial charge in [-0.25, -0.2) is 0 Å². The molecule has 1 aromatic carbocycles. The fourth-order valence-electron chi connectivity index (χ4n) is 2.07. The summed E-state index contributed by atoms with van der Waals surface area (Å²) in [7, 11) is 0. The van der Waals surface area contributed by atoms with Crippen LogP contribution in [0.3, 0.4) is 0 Å². The number of hydrogen-bond donors (Lipinski definition) is 3. The highest BCUT2D eigenvalue weighted by molar-refractivity contribution is 5.93. The number of aliphatic hydroxyl groups excluding tert-OH is 3. The number of benzene rings is 1. The Morgan fingerprint density at radius 2 is 1.90 bits per heavy atom. The summed E-state index contributed by atoms with van der Waals surface area (Å²) in [6.07, 6.45) is -1.37. The molecule has 0 bridgehead atoms. The highest BCUT2D eigenvalue weighted by Crippen LogP contribution is 2.18. The lowest BCUT2D eigenvalue weighted by Gasteiger charge is -2.34. The van der Waals surface area contributed by atoms with Crippen molar-refractivity contribution < 1.29 is 24.9 Å². The van der Waals surface area contributed by atoms with Gasteiger partial charge in [-0.2, -0.15) is 0 Å². The van der Waals surface area contributed by atoms with Crippen molar-refractivity contribution in [2.45, 2.75) is 30.8 Å². The van der Waals surface area contributed by atoms with Crippen LogP contribution in [0, 0.1) is 0 Å². The van der Waals surface area contributed by atoms with Gasteiger partial charge < -0.3 is 20.1 Å². The maximum atomic E-state index is 11.8. The van der Waals surface area contributed by atoms with Crippen LogP contribution in [0.15, 0.2) is 36.4 Å². The number of allylic oxidation sites excluding steroid dienone is 1. The highest BCUT2D eigenvalue weighted by Gasteiger charge is 2.37. The quantitative estimate of drug-likeness (QED) is 0.682. The van der Waals surface area contributed by atoms with Crippen LogP contribution in [-0.2, 0) is 9.53 Å². The van der Waals surface area contributed by atoms with Crippen molar-refractivity contribution in [1.29, 1.82) is 0 Å². The van der Waals surface area contributed by atoms with Crippen molar-refractivity contribution in [3.8, 4) is 0 Å². The first-order valence-electron chi connectivity index (χ1n) is 6.49. The van der Waals surface area contributed by atoms with Gasteiger partial charge in [-0.15, -0.1) is 0 Å². The van der Waals surface area contributed by atoms with Gasteiger partial charge in [0.25, 0.3) is 0 Å². The molecule has 1 fully saturated rings. The van der Waals surface area contributed by atoms with E-state index in [1.54, 1.807) is 6.08 Å². The second-order valence-electron chi connectivity index (χ2n) is 4.83. The van der Waals surface area contributed by atoms with Crippen molar-refractivity contribution in [3.05, 3.63) is 42.0 Å². The lowest BCUT2D eigenvalue weighted by molar-refractivity contribution is -0.188. The summed E-state index contributed by atoms with van der Waals surface area (Å²) in [6, 6.07) is 9.37. The van der Waals surface area contributed by atoms with Crippen molar-refractivity contribution >= 4 is 11.9 Å². The zero-order valence-electron chi connectivity index (χ0n) is 10.9. The summed E-state index contributed by atoms with van der Waals surface area (Å²) in [6.45, 7) is -0.0847. The molecule has 1 saturated heterocycles. The minimum Gasteiger partial charge on any atom is -0.388 e. The summed E-state index contributed by atoms with van der Waals surface area (Å²) in [5.41, 5.74) is 0.904. The second-order valence-corrected chi connectivity index (χ2v) is 4.83. The molecule has 108 valence electrons. The molecule has 1 unspecified atom stereocenters. The van der Waals surface area contributed by atoms with E-state index in [0.717, 1.165) is 5.56 Å². The lowest BCUT2D eigenvalue weighted by Crippen LogP contribution is -2.53. The minimum absolute atomic E-state index is 0.0335. The van der Waals surface area contributed by atoms with E-state index in [1.165, 1.54) is 6.08 Å². The first-order valence-corrected chi connectivity index (χ1v) is 6.49. The molecule has 1 heterocycles. The molecule has 0 amide bonds. The average Bonchev–Trinajstić information content (AvgIpc) is 2.47. The predicted molar refractivity (Wildman–Crippen MR) is 72.9 cm³/mol. The van der Waals surface area contributed by atoms with E-state index in [0.29, 0.717) is 0 Å². The lowest BCUT2D eigenvalue weighted by atomic mass is 9.96. The molecule has 0 saturated carbocycles. The number of ether oxygens (including phenoxy) is 1. The van der Waals surface area contributed by atoms with E-state index < -0.39 is 24.4 Å². The molecule has 2 rings (SSSR count). The van der Waals surface area contributed by atoms with Crippen LogP contribution in [0.25, 0.3) is 6.08 Å². The van der Waals surface area contributed by atoms with Crippen molar-refractivity contribution in [3.63, 3.8) is 0 Å². The maximum Gasteiger partial charge on any atom is 0.158 e. The Morgan fingerprint density at radius 1 is 1.20 bits per heavy atom. The fourth-order valence-corrected chi connectivity index (χ4v) is 2.07. The third-order valence-electron chi connectivity index (χ3n) is 3.27. The average molecular weight is 278 g/mol. The van der Waals surface area contributed by atoms with Crippen LogP contribution < -0.4 is 0 Å². The van der Waals surface area contributed by atoms with Gasteiger partial charge in [0.15, 0.2) is 5.78 Å². The number of rotatable bonds is 4. The molecule has 0 spiro atoms. The maximum absolute atomic E-state index is 11.8. The van der Waals surface area contributed by atoms with Gasteiger partial charge in [0.1, 0.15) is 18.3 Å². The van der Waals surface area contributed by atoms with Crippen LogP contribution >= 0.6 is 0 Å². The van der Waals surface area contributed by atoms with E-state index in [1.807, 2.05) is 30.3 Å². The summed E-state index contributed by atoms with van der Waals surface area (Å²) < 4.78 is 5.18. The SMILES string of the molecule is O=C(/C=C/c1ccccc1)CC1OC[C@@H](O)[C@H](O)[C@H]1O. The molecule has 0 aliphatic carbocycles. The number of carbonyl (C=O) groups is 1. The topological polar surface area (TPSA) is 87.0 Å². The standard InChI is InChI=1S/C15H18O5/c16-11(7-6-10-4-2-1-3-5-10)8-13-15(19)14(18)12(17)9-20-13/h1-7,12-15,17-19H,8-9H2/b7-6+/t12-,13?,14+,15+/m1/s1. The normalized spacial score (nSPS) is 30.6. The Kier molecular flexibility index (Phi) is 5.03. The van der Waals surface area contributed by atoms with Crippen LogP contribution in [0.1, 0.15) is 12.0 Å². The molecular weight excluding hydrogens is 260 g/mol. The number of aliphatic hydroxyl groups is 3. The summed E-state index contributed by atoms with van der Waals surface area (Å²) in [5.74, 6) is -0.207. The van der Waals surface area contributed by atoms with E-state index in [2.05, 4.69) is 0 Å². The van der Waals surface area contributed by atoms with Gasteiger partial charge >= 0.3 is 0 Å². The zero-order chi connectivity index (χ0) is 14.5. The second kappa shape index (κ2) is 6.76.